The van der Waals surface area contributed by atoms with Crippen LogP contribution < -0.4 is 10.2 Å². The van der Waals surface area contributed by atoms with Crippen molar-refractivity contribution in [2.75, 3.05) is 11.4 Å². The number of nitrogens with one attached hydrogen (secondary N) is 1. The van der Waals surface area contributed by atoms with E-state index in [0.717, 1.165) is 24.0 Å². The summed E-state index contributed by atoms with van der Waals surface area (Å²) in [6, 6.07) is 22.5. The number of para-hydroxylation sites is 1. The summed E-state index contributed by atoms with van der Waals surface area (Å²) in [5.74, 6) is -0.258. The number of anilines is 1. The lowest BCUT2D eigenvalue weighted by Gasteiger charge is -2.26. The number of aryl methyl sites for hydroxylation is 1. The number of benzene rings is 3. The molecule has 178 valence electrons. The Labute approximate surface area is 205 Å². The summed E-state index contributed by atoms with van der Waals surface area (Å²) in [6.07, 6.45) is 2.52. The molecule has 0 spiro atoms. The van der Waals surface area contributed by atoms with E-state index in [1.54, 1.807) is 28.0 Å². The van der Waals surface area contributed by atoms with Crippen LogP contribution in [0.4, 0.5) is 5.69 Å². The molecule has 0 saturated carbocycles. The van der Waals surface area contributed by atoms with E-state index in [0.29, 0.717) is 42.9 Å². The molecule has 0 aromatic heterocycles. The summed E-state index contributed by atoms with van der Waals surface area (Å²) in [6.45, 7) is 3.55. The van der Waals surface area contributed by atoms with Gasteiger partial charge in [-0.3, -0.25) is 14.4 Å². The lowest BCUT2D eigenvalue weighted by atomic mass is 10.1. The van der Waals surface area contributed by atoms with Crippen molar-refractivity contribution in [3.05, 3.63) is 101 Å². The highest BCUT2D eigenvalue weighted by atomic mass is 16.2. The predicted octanol–water partition coefficient (Wildman–Crippen LogP) is 4.33. The first-order valence-electron chi connectivity index (χ1n) is 12.2. The Balaban J connectivity index is 1.30. The molecule has 0 radical (unpaired) electrons. The van der Waals surface area contributed by atoms with Crippen LogP contribution in [0.25, 0.3) is 0 Å². The van der Waals surface area contributed by atoms with E-state index in [1.807, 2.05) is 42.5 Å². The standard InChI is InChI=1S/C29H29N3O3/c1-2-20-9-11-21(12-10-20)18-30-27(33)23-15-13-22(14-16-23)19-32-25-7-4-3-6-24(25)28(34)31-17-5-8-26(31)29(32)35/h3-4,6-7,9-16,26H,2,5,8,17-19H2,1H3,(H,30,33)/t26-/m1/s1. The van der Waals surface area contributed by atoms with Crippen LogP contribution in [0, 0.1) is 0 Å². The minimum absolute atomic E-state index is 0.0447. The van der Waals surface area contributed by atoms with Crippen molar-refractivity contribution in [2.45, 2.75) is 45.3 Å². The van der Waals surface area contributed by atoms with E-state index in [4.69, 9.17) is 0 Å². The Hall–Kier alpha value is -3.93. The van der Waals surface area contributed by atoms with Crippen LogP contribution in [-0.2, 0) is 24.3 Å². The SMILES string of the molecule is CCc1ccc(CNC(=O)c2ccc(CN3C(=O)[C@H]4CCCN4C(=O)c4ccccc43)cc2)cc1. The second-order valence-electron chi connectivity index (χ2n) is 9.15. The topological polar surface area (TPSA) is 69.7 Å². The molecule has 1 atom stereocenters. The van der Waals surface area contributed by atoms with E-state index >= 15 is 0 Å². The van der Waals surface area contributed by atoms with Gasteiger partial charge in [0.25, 0.3) is 11.8 Å². The second-order valence-corrected chi connectivity index (χ2v) is 9.15. The molecule has 35 heavy (non-hydrogen) atoms. The number of carbonyl (C=O) groups excluding carboxylic acids is 3. The summed E-state index contributed by atoms with van der Waals surface area (Å²) in [7, 11) is 0. The predicted molar refractivity (Wildman–Crippen MR) is 135 cm³/mol. The van der Waals surface area contributed by atoms with Crippen LogP contribution in [0.5, 0.6) is 0 Å². The van der Waals surface area contributed by atoms with Crippen molar-refractivity contribution in [2.24, 2.45) is 0 Å². The lowest BCUT2D eigenvalue weighted by Crippen LogP contribution is -2.44. The minimum atomic E-state index is -0.411. The zero-order chi connectivity index (χ0) is 24.4. The smallest absolute Gasteiger partial charge is 0.256 e. The molecule has 0 unspecified atom stereocenters. The fourth-order valence-corrected chi connectivity index (χ4v) is 4.89. The van der Waals surface area contributed by atoms with Crippen molar-refractivity contribution >= 4 is 23.4 Å². The number of fused-ring (bicyclic) bond motifs is 2. The molecule has 6 nitrogen and oxygen atoms in total. The largest absolute Gasteiger partial charge is 0.348 e. The fourth-order valence-electron chi connectivity index (χ4n) is 4.89. The van der Waals surface area contributed by atoms with Gasteiger partial charge in [-0.25, -0.2) is 0 Å². The number of carbonyl (C=O) groups is 3. The van der Waals surface area contributed by atoms with E-state index < -0.39 is 6.04 Å². The molecule has 3 amide bonds. The van der Waals surface area contributed by atoms with Gasteiger partial charge in [-0.1, -0.05) is 55.5 Å². The number of rotatable bonds is 6. The van der Waals surface area contributed by atoms with Gasteiger partial charge in [-0.2, -0.15) is 0 Å². The number of nitrogens with zero attached hydrogens (tertiary/aromatic N) is 2. The van der Waals surface area contributed by atoms with Crippen LogP contribution in [0.3, 0.4) is 0 Å². The molecular weight excluding hydrogens is 438 g/mol. The summed E-state index contributed by atoms with van der Waals surface area (Å²) in [5, 5.41) is 2.97. The highest BCUT2D eigenvalue weighted by Crippen LogP contribution is 2.33. The highest BCUT2D eigenvalue weighted by Gasteiger charge is 2.41. The van der Waals surface area contributed by atoms with Gasteiger partial charge in [0.2, 0.25) is 5.91 Å². The average Bonchev–Trinajstić information content (AvgIpc) is 3.38. The molecule has 2 aliphatic heterocycles. The van der Waals surface area contributed by atoms with Gasteiger partial charge in [0, 0.05) is 18.7 Å². The first-order chi connectivity index (χ1) is 17.0. The maximum Gasteiger partial charge on any atom is 0.256 e. The molecule has 0 bridgehead atoms. The third-order valence-corrected chi connectivity index (χ3v) is 6.93. The Morgan fingerprint density at radius 2 is 1.60 bits per heavy atom. The summed E-state index contributed by atoms with van der Waals surface area (Å²) >= 11 is 0. The summed E-state index contributed by atoms with van der Waals surface area (Å²) in [4.78, 5) is 42.6. The highest BCUT2D eigenvalue weighted by molar-refractivity contribution is 6.11. The molecule has 2 heterocycles. The van der Waals surface area contributed by atoms with Crippen molar-refractivity contribution < 1.29 is 14.4 Å². The molecule has 1 saturated heterocycles. The maximum atomic E-state index is 13.4. The molecule has 2 aliphatic rings. The van der Waals surface area contributed by atoms with Crippen LogP contribution in [-0.4, -0.2) is 35.2 Å². The molecule has 1 N–H and O–H groups in total. The van der Waals surface area contributed by atoms with Gasteiger partial charge in [0.1, 0.15) is 6.04 Å². The minimum Gasteiger partial charge on any atom is -0.348 e. The molecule has 5 rings (SSSR count). The van der Waals surface area contributed by atoms with E-state index in [9.17, 15) is 14.4 Å². The van der Waals surface area contributed by atoms with Gasteiger partial charge >= 0.3 is 0 Å². The maximum absolute atomic E-state index is 13.4. The van der Waals surface area contributed by atoms with Crippen molar-refractivity contribution in [1.29, 1.82) is 0 Å². The van der Waals surface area contributed by atoms with Crippen molar-refractivity contribution in [3.63, 3.8) is 0 Å². The normalized spacial score (nSPS) is 17.1. The number of hydrogen-bond acceptors (Lipinski definition) is 3. The second kappa shape index (κ2) is 9.74. The van der Waals surface area contributed by atoms with Crippen molar-refractivity contribution in [1.82, 2.24) is 10.2 Å². The van der Waals surface area contributed by atoms with Crippen LogP contribution >= 0.6 is 0 Å². The third-order valence-electron chi connectivity index (χ3n) is 6.93. The van der Waals surface area contributed by atoms with E-state index in [1.165, 1.54) is 5.56 Å². The lowest BCUT2D eigenvalue weighted by molar-refractivity contribution is -0.122. The molecule has 1 fully saturated rings. The Kier molecular flexibility index (Phi) is 6.36. The van der Waals surface area contributed by atoms with Crippen molar-refractivity contribution in [3.8, 4) is 0 Å². The Bertz CT molecular complexity index is 1250. The molecule has 6 heteroatoms. The van der Waals surface area contributed by atoms with Crippen LogP contribution in [0.1, 0.15) is 57.2 Å². The molecule has 0 aliphatic carbocycles. The van der Waals surface area contributed by atoms with Crippen LogP contribution in [0.2, 0.25) is 0 Å². The van der Waals surface area contributed by atoms with Gasteiger partial charge in [0.05, 0.1) is 17.8 Å². The quantitative estimate of drug-likeness (QED) is 0.587. The van der Waals surface area contributed by atoms with E-state index in [2.05, 4.69) is 24.4 Å². The average molecular weight is 468 g/mol. The fraction of sp³-hybridized carbons (Fsp3) is 0.276. The van der Waals surface area contributed by atoms with Gasteiger partial charge in [-0.15, -0.1) is 0 Å². The third kappa shape index (κ3) is 4.56. The Morgan fingerprint density at radius 1 is 0.914 bits per heavy atom. The van der Waals surface area contributed by atoms with Gasteiger partial charge < -0.3 is 15.1 Å². The monoisotopic (exact) mass is 467 g/mol. The molecule has 3 aromatic rings. The summed E-state index contributed by atoms with van der Waals surface area (Å²) in [5.41, 5.74) is 5.01. The molecular formula is C29H29N3O3. The van der Waals surface area contributed by atoms with Crippen LogP contribution in [0.15, 0.2) is 72.8 Å². The summed E-state index contributed by atoms with van der Waals surface area (Å²) < 4.78 is 0. The first kappa shape index (κ1) is 22.8. The van der Waals surface area contributed by atoms with E-state index in [-0.39, 0.29) is 17.7 Å². The molecule has 3 aromatic carbocycles. The zero-order valence-corrected chi connectivity index (χ0v) is 19.9. The first-order valence-corrected chi connectivity index (χ1v) is 12.2. The Morgan fingerprint density at radius 3 is 2.34 bits per heavy atom. The number of hydrogen-bond donors (Lipinski definition) is 1. The number of amides is 3. The zero-order valence-electron chi connectivity index (χ0n) is 19.9. The van der Waals surface area contributed by atoms with Gasteiger partial charge in [-0.05, 0) is 60.2 Å². The van der Waals surface area contributed by atoms with Gasteiger partial charge in [0.15, 0.2) is 0 Å².